The summed E-state index contributed by atoms with van der Waals surface area (Å²) in [6.45, 7) is 9.75. The van der Waals surface area contributed by atoms with Crippen LogP contribution < -0.4 is 0 Å². The maximum absolute atomic E-state index is 12.9. The normalized spacial score (nSPS) is 26.2. The van der Waals surface area contributed by atoms with E-state index in [2.05, 4.69) is 18.7 Å². The molecule has 0 saturated carbocycles. The van der Waals surface area contributed by atoms with Gasteiger partial charge in [-0.3, -0.25) is 4.79 Å². The largest absolute Gasteiger partial charge is 0.342 e. The second-order valence-electron chi connectivity index (χ2n) is 8.50. The van der Waals surface area contributed by atoms with Gasteiger partial charge in [0.05, 0.1) is 0 Å². The van der Waals surface area contributed by atoms with Crippen molar-refractivity contribution in [1.29, 1.82) is 0 Å². The number of amides is 3. The van der Waals surface area contributed by atoms with E-state index in [4.69, 9.17) is 0 Å². The molecular formula is C20H35N3O2. The first-order valence-electron chi connectivity index (χ1n) is 10.4. The molecule has 3 fully saturated rings. The smallest absolute Gasteiger partial charge is 0.319 e. The first kappa shape index (κ1) is 18.5. The number of likely N-dealkylation sites (tertiary alicyclic amines) is 3. The Balaban J connectivity index is 1.47. The third-order valence-electron chi connectivity index (χ3n) is 6.52. The van der Waals surface area contributed by atoms with Crippen LogP contribution in [0.5, 0.6) is 0 Å². The minimum Gasteiger partial charge on any atom is -0.342 e. The van der Waals surface area contributed by atoms with Gasteiger partial charge in [0.1, 0.15) is 0 Å². The van der Waals surface area contributed by atoms with E-state index in [0.29, 0.717) is 5.91 Å². The summed E-state index contributed by atoms with van der Waals surface area (Å²) in [6, 6.07) is 0.193. The standard InChI is InChI=1S/C20H35N3O2/c1-16(2)17-6-5-12-21(13-7-17)19(24)18-8-14-23(15-9-18)20(25)22-10-3-4-11-22/h16-18H,3-15H2,1-2H3. The van der Waals surface area contributed by atoms with E-state index < -0.39 is 0 Å². The molecule has 0 aromatic heterocycles. The quantitative estimate of drug-likeness (QED) is 0.768. The second-order valence-corrected chi connectivity index (χ2v) is 8.50. The summed E-state index contributed by atoms with van der Waals surface area (Å²) in [5.74, 6) is 1.95. The SMILES string of the molecule is CC(C)C1CCCN(C(=O)C2CCN(C(=O)N3CCCC3)CC2)CC1. The third kappa shape index (κ3) is 4.48. The van der Waals surface area contributed by atoms with Crippen LogP contribution in [0.15, 0.2) is 0 Å². The lowest BCUT2D eigenvalue weighted by Gasteiger charge is -2.35. The van der Waals surface area contributed by atoms with E-state index in [1.807, 2.05) is 9.80 Å². The van der Waals surface area contributed by atoms with Crippen molar-refractivity contribution in [3.05, 3.63) is 0 Å². The van der Waals surface area contributed by atoms with E-state index >= 15 is 0 Å². The topological polar surface area (TPSA) is 43.9 Å². The number of hydrogen-bond donors (Lipinski definition) is 0. The fourth-order valence-electron chi connectivity index (χ4n) is 4.69. The molecule has 0 bridgehead atoms. The van der Waals surface area contributed by atoms with Gasteiger partial charge < -0.3 is 14.7 Å². The Hall–Kier alpha value is -1.26. The summed E-state index contributed by atoms with van der Waals surface area (Å²) in [4.78, 5) is 31.5. The molecule has 3 aliphatic rings. The highest BCUT2D eigenvalue weighted by Gasteiger charge is 2.33. The number of hydrogen-bond acceptors (Lipinski definition) is 2. The summed E-state index contributed by atoms with van der Waals surface area (Å²) in [5, 5.41) is 0. The van der Waals surface area contributed by atoms with Crippen molar-refractivity contribution < 1.29 is 9.59 Å². The van der Waals surface area contributed by atoms with Crippen LogP contribution in [-0.4, -0.2) is 65.9 Å². The molecule has 0 aromatic carbocycles. The maximum Gasteiger partial charge on any atom is 0.319 e. The molecule has 3 rings (SSSR count). The molecule has 5 heteroatoms. The van der Waals surface area contributed by atoms with Gasteiger partial charge >= 0.3 is 6.03 Å². The minimum atomic E-state index is 0.123. The maximum atomic E-state index is 12.9. The van der Waals surface area contributed by atoms with Crippen molar-refractivity contribution in [2.45, 2.75) is 58.8 Å². The molecule has 0 spiro atoms. The Morgan fingerprint density at radius 3 is 1.92 bits per heavy atom. The van der Waals surface area contributed by atoms with Crippen molar-refractivity contribution in [2.75, 3.05) is 39.3 Å². The average Bonchev–Trinajstić information content (AvgIpc) is 3.04. The lowest BCUT2D eigenvalue weighted by atomic mass is 9.89. The summed E-state index contributed by atoms with van der Waals surface area (Å²) >= 11 is 0. The molecule has 0 radical (unpaired) electrons. The third-order valence-corrected chi connectivity index (χ3v) is 6.52. The first-order chi connectivity index (χ1) is 12.1. The second kappa shape index (κ2) is 8.41. The van der Waals surface area contributed by atoms with Crippen LogP contribution in [0.25, 0.3) is 0 Å². The Labute approximate surface area is 152 Å². The van der Waals surface area contributed by atoms with Crippen LogP contribution in [0, 0.1) is 17.8 Å². The number of nitrogens with zero attached hydrogens (tertiary/aromatic N) is 3. The summed E-state index contributed by atoms with van der Waals surface area (Å²) in [6.07, 6.45) is 7.48. The Morgan fingerprint density at radius 2 is 1.28 bits per heavy atom. The highest BCUT2D eigenvalue weighted by atomic mass is 16.2. The lowest BCUT2D eigenvalue weighted by Crippen LogP contribution is -2.48. The van der Waals surface area contributed by atoms with Gasteiger partial charge in [0.15, 0.2) is 0 Å². The number of rotatable bonds is 2. The molecule has 1 atom stereocenters. The fraction of sp³-hybridized carbons (Fsp3) is 0.900. The molecule has 3 saturated heterocycles. The number of piperidine rings is 1. The summed E-state index contributed by atoms with van der Waals surface area (Å²) in [7, 11) is 0. The Kier molecular flexibility index (Phi) is 6.24. The number of carbonyl (C=O) groups is 2. The van der Waals surface area contributed by atoms with Gasteiger partial charge in [0.2, 0.25) is 5.91 Å². The number of urea groups is 1. The molecule has 0 aliphatic carbocycles. The van der Waals surface area contributed by atoms with Crippen molar-refractivity contribution in [3.63, 3.8) is 0 Å². The van der Waals surface area contributed by atoms with Gasteiger partial charge in [0, 0.05) is 45.2 Å². The van der Waals surface area contributed by atoms with Crippen LogP contribution in [0.4, 0.5) is 4.79 Å². The van der Waals surface area contributed by atoms with E-state index in [-0.39, 0.29) is 11.9 Å². The van der Waals surface area contributed by atoms with Crippen LogP contribution >= 0.6 is 0 Å². The van der Waals surface area contributed by atoms with Crippen molar-refractivity contribution in [1.82, 2.24) is 14.7 Å². The summed E-state index contributed by atoms with van der Waals surface area (Å²) < 4.78 is 0. The van der Waals surface area contributed by atoms with Gasteiger partial charge in [-0.15, -0.1) is 0 Å². The zero-order valence-corrected chi connectivity index (χ0v) is 16.1. The number of carbonyl (C=O) groups excluding carboxylic acids is 2. The fourth-order valence-corrected chi connectivity index (χ4v) is 4.69. The molecule has 3 amide bonds. The summed E-state index contributed by atoms with van der Waals surface area (Å²) in [5.41, 5.74) is 0. The predicted molar refractivity (Wildman–Crippen MR) is 99.3 cm³/mol. The monoisotopic (exact) mass is 349 g/mol. The zero-order chi connectivity index (χ0) is 17.8. The van der Waals surface area contributed by atoms with Crippen molar-refractivity contribution in [3.8, 4) is 0 Å². The molecule has 0 N–H and O–H groups in total. The van der Waals surface area contributed by atoms with Gasteiger partial charge in [-0.1, -0.05) is 13.8 Å². The van der Waals surface area contributed by atoms with Gasteiger partial charge in [-0.2, -0.15) is 0 Å². The molecule has 1 unspecified atom stereocenters. The average molecular weight is 350 g/mol. The van der Waals surface area contributed by atoms with Crippen molar-refractivity contribution >= 4 is 11.9 Å². The van der Waals surface area contributed by atoms with E-state index in [9.17, 15) is 9.59 Å². The lowest BCUT2D eigenvalue weighted by molar-refractivity contribution is -0.136. The van der Waals surface area contributed by atoms with Crippen molar-refractivity contribution in [2.24, 2.45) is 17.8 Å². The highest BCUT2D eigenvalue weighted by Crippen LogP contribution is 2.27. The molecule has 25 heavy (non-hydrogen) atoms. The van der Waals surface area contributed by atoms with Gasteiger partial charge in [-0.25, -0.2) is 4.79 Å². The van der Waals surface area contributed by atoms with Crippen LogP contribution in [-0.2, 0) is 4.79 Å². The van der Waals surface area contributed by atoms with Gasteiger partial charge in [0.25, 0.3) is 0 Å². The van der Waals surface area contributed by atoms with Crippen LogP contribution in [0.3, 0.4) is 0 Å². The van der Waals surface area contributed by atoms with E-state index in [0.717, 1.165) is 89.6 Å². The molecule has 5 nitrogen and oxygen atoms in total. The molecule has 3 heterocycles. The molecule has 0 aromatic rings. The highest BCUT2D eigenvalue weighted by molar-refractivity contribution is 5.80. The molecular weight excluding hydrogens is 314 g/mol. The van der Waals surface area contributed by atoms with E-state index in [1.165, 1.54) is 6.42 Å². The Bertz CT molecular complexity index is 466. The Morgan fingerprint density at radius 1 is 0.720 bits per heavy atom. The predicted octanol–water partition coefficient (Wildman–Crippen LogP) is 3.20. The first-order valence-corrected chi connectivity index (χ1v) is 10.4. The van der Waals surface area contributed by atoms with Crippen LogP contribution in [0.1, 0.15) is 58.8 Å². The van der Waals surface area contributed by atoms with Gasteiger partial charge in [-0.05, 0) is 56.8 Å². The van der Waals surface area contributed by atoms with Crippen LogP contribution in [0.2, 0.25) is 0 Å². The molecule has 142 valence electrons. The molecule has 3 aliphatic heterocycles. The minimum absolute atomic E-state index is 0.123. The van der Waals surface area contributed by atoms with E-state index in [1.54, 1.807) is 0 Å². The zero-order valence-electron chi connectivity index (χ0n) is 16.1.